The first-order chi connectivity index (χ1) is 31.1. The zero-order valence-corrected chi connectivity index (χ0v) is 35.0. The molecular formula is C62H43N. The number of nitrogens with zero attached hydrogens (tertiary/aromatic N) is 1. The number of hydrogen-bond acceptors (Lipinski definition) is 1. The minimum atomic E-state index is -0.279. The summed E-state index contributed by atoms with van der Waals surface area (Å²) >= 11 is 0. The minimum absolute atomic E-state index is 0.279. The van der Waals surface area contributed by atoms with Crippen molar-refractivity contribution >= 4 is 49.4 Å². The highest BCUT2D eigenvalue weighted by molar-refractivity contribution is 6.22. The molecule has 63 heavy (non-hydrogen) atoms. The molecule has 12 rings (SSSR count). The molecule has 11 aromatic carbocycles. The van der Waals surface area contributed by atoms with Gasteiger partial charge in [0.2, 0.25) is 0 Å². The summed E-state index contributed by atoms with van der Waals surface area (Å²) in [5.74, 6) is 0. The topological polar surface area (TPSA) is 3.24 Å². The molecule has 1 atom stereocenters. The van der Waals surface area contributed by atoms with Gasteiger partial charge in [0.1, 0.15) is 0 Å². The summed E-state index contributed by atoms with van der Waals surface area (Å²) in [6.07, 6.45) is 0. The van der Waals surface area contributed by atoms with Gasteiger partial charge in [-0.15, -0.1) is 0 Å². The lowest BCUT2D eigenvalue weighted by Gasteiger charge is -2.30. The van der Waals surface area contributed by atoms with Gasteiger partial charge in [-0.3, -0.25) is 0 Å². The van der Waals surface area contributed by atoms with E-state index in [1.807, 2.05) is 0 Å². The molecule has 0 fully saturated rings. The van der Waals surface area contributed by atoms with Crippen molar-refractivity contribution in [2.24, 2.45) is 0 Å². The maximum absolute atomic E-state index is 2.46. The van der Waals surface area contributed by atoms with Crippen LogP contribution in [0.25, 0.3) is 76.8 Å². The van der Waals surface area contributed by atoms with Gasteiger partial charge in [0.25, 0.3) is 0 Å². The third-order valence-corrected chi connectivity index (χ3v) is 13.5. The highest BCUT2D eigenvalue weighted by Gasteiger charge is 2.41. The largest absolute Gasteiger partial charge is 0.310 e. The van der Waals surface area contributed by atoms with E-state index in [2.05, 4.69) is 254 Å². The lowest BCUT2D eigenvalue weighted by atomic mass is 9.74. The van der Waals surface area contributed by atoms with Crippen LogP contribution >= 0.6 is 0 Å². The first kappa shape index (κ1) is 36.8. The van der Waals surface area contributed by atoms with Crippen LogP contribution in [0.1, 0.15) is 23.6 Å². The highest BCUT2D eigenvalue weighted by Crippen LogP contribution is 2.54. The van der Waals surface area contributed by atoms with Gasteiger partial charge in [-0.05, 0) is 137 Å². The molecule has 11 aromatic rings. The summed E-state index contributed by atoms with van der Waals surface area (Å²) in [6, 6.07) is 89.4. The zero-order chi connectivity index (χ0) is 41.9. The highest BCUT2D eigenvalue weighted by atomic mass is 15.1. The second-order valence-corrected chi connectivity index (χ2v) is 16.9. The zero-order valence-electron chi connectivity index (χ0n) is 35.0. The Morgan fingerprint density at radius 2 is 0.810 bits per heavy atom. The second-order valence-electron chi connectivity index (χ2n) is 16.9. The average Bonchev–Trinajstić information content (AvgIpc) is 3.62. The van der Waals surface area contributed by atoms with Crippen LogP contribution < -0.4 is 4.90 Å². The van der Waals surface area contributed by atoms with Gasteiger partial charge >= 0.3 is 0 Å². The van der Waals surface area contributed by atoms with E-state index in [9.17, 15) is 0 Å². The van der Waals surface area contributed by atoms with Crippen LogP contribution in [-0.2, 0) is 5.41 Å². The van der Waals surface area contributed by atoms with Crippen molar-refractivity contribution in [2.75, 3.05) is 4.90 Å². The maximum atomic E-state index is 2.46. The van der Waals surface area contributed by atoms with Crippen molar-refractivity contribution in [1.29, 1.82) is 0 Å². The Bertz CT molecular complexity index is 3490. The van der Waals surface area contributed by atoms with E-state index >= 15 is 0 Å². The average molecular weight is 802 g/mol. The van der Waals surface area contributed by atoms with Gasteiger partial charge in [-0.2, -0.15) is 0 Å². The third-order valence-electron chi connectivity index (χ3n) is 13.5. The summed E-state index contributed by atoms with van der Waals surface area (Å²) in [4.78, 5) is 2.46. The van der Waals surface area contributed by atoms with Gasteiger partial charge in [0, 0.05) is 22.5 Å². The fraction of sp³-hybridized carbons (Fsp3) is 0.0323. The Morgan fingerprint density at radius 1 is 0.302 bits per heavy atom. The smallest absolute Gasteiger partial charge is 0.0468 e. The fourth-order valence-corrected chi connectivity index (χ4v) is 10.6. The lowest BCUT2D eigenvalue weighted by Crippen LogP contribution is -2.22. The molecule has 1 aliphatic rings. The van der Waals surface area contributed by atoms with Crippen molar-refractivity contribution in [3.05, 3.63) is 259 Å². The Labute approximate surface area is 368 Å². The van der Waals surface area contributed by atoms with Crippen molar-refractivity contribution in [1.82, 2.24) is 0 Å². The summed E-state index contributed by atoms with van der Waals surface area (Å²) in [6.45, 7) is 2.39. The van der Waals surface area contributed by atoms with Crippen LogP contribution in [0, 0.1) is 0 Å². The fourth-order valence-electron chi connectivity index (χ4n) is 10.6. The first-order valence-corrected chi connectivity index (χ1v) is 21.9. The molecule has 0 saturated heterocycles. The SMILES string of the molecule is CC1(c2ccccc2)c2ccccc2-c2cc(N(c3ccc(-c4cccc5ccccc45)cc3)c3ccc4c(c3)c(-c3ccccc3)c(-c3ccccc3)c3ccccc34)ccc21. The quantitative estimate of drug-likeness (QED) is 0.145. The van der Waals surface area contributed by atoms with E-state index in [0.717, 1.165) is 17.1 Å². The summed E-state index contributed by atoms with van der Waals surface area (Å²) in [7, 11) is 0. The maximum Gasteiger partial charge on any atom is 0.0468 e. The van der Waals surface area contributed by atoms with Crippen LogP contribution in [0.2, 0.25) is 0 Å². The molecule has 0 N–H and O–H groups in total. The Balaban J connectivity index is 1.11. The van der Waals surface area contributed by atoms with Gasteiger partial charge < -0.3 is 4.90 Å². The summed E-state index contributed by atoms with van der Waals surface area (Å²) < 4.78 is 0. The monoisotopic (exact) mass is 801 g/mol. The number of benzene rings is 11. The number of hydrogen-bond donors (Lipinski definition) is 0. The van der Waals surface area contributed by atoms with Gasteiger partial charge in [-0.1, -0.05) is 206 Å². The van der Waals surface area contributed by atoms with E-state index in [4.69, 9.17) is 0 Å². The molecule has 296 valence electrons. The van der Waals surface area contributed by atoms with Crippen molar-refractivity contribution in [2.45, 2.75) is 12.3 Å². The molecule has 0 aliphatic heterocycles. The summed E-state index contributed by atoms with van der Waals surface area (Å²) in [5, 5.41) is 7.46. The van der Waals surface area contributed by atoms with Crippen molar-refractivity contribution in [3.63, 3.8) is 0 Å². The predicted octanol–water partition coefficient (Wildman–Crippen LogP) is 17.0. The Hall–Kier alpha value is -8.00. The molecule has 0 radical (unpaired) electrons. The predicted molar refractivity (Wildman–Crippen MR) is 267 cm³/mol. The Morgan fingerprint density at radius 3 is 1.56 bits per heavy atom. The van der Waals surface area contributed by atoms with Crippen molar-refractivity contribution < 1.29 is 0 Å². The van der Waals surface area contributed by atoms with Crippen molar-refractivity contribution in [3.8, 4) is 44.5 Å². The molecule has 0 heterocycles. The number of fused-ring (bicyclic) bond motifs is 7. The molecule has 1 nitrogen and oxygen atoms in total. The van der Waals surface area contributed by atoms with Gasteiger partial charge in [0.15, 0.2) is 0 Å². The van der Waals surface area contributed by atoms with Crippen LogP contribution in [0.15, 0.2) is 243 Å². The molecule has 1 heteroatoms. The first-order valence-electron chi connectivity index (χ1n) is 21.9. The molecular weight excluding hydrogens is 759 g/mol. The van der Waals surface area contributed by atoms with Crippen LogP contribution in [-0.4, -0.2) is 0 Å². The van der Waals surface area contributed by atoms with E-state index in [-0.39, 0.29) is 5.41 Å². The number of anilines is 3. The third kappa shape index (κ3) is 5.92. The molecule has 0 bridgehead atoms. The summed E-state index contributed by atoms with van der Waals surface area (Å²) in [5.41, 5.74) is 16.9. The van der Waals surface area contributed by atoms with Crippen LogP contribution in [0.3, 0.4) is 0 Å². The molecule has 0 saturated carbocycles. The standard InChI is InChI=1S/C62H43N/c1-62(46-24-9-4-10-25-46)58-31-16-15-28-54(58)56-40-49(37-39-59(56)62)63(47-34-32-43(33-35-47)51-30-17-23-42-18-11-12-26-50(42)51)48-36-38-53-52-27-13-14-29-55(52)60(44-19-5-2-6-20-44)61(57(53)41-48)45-21-7-3-8-22-45/h2-41H,1H3. The lowest BCUT2D eigenvalue weighted by molar-refractivity contribution is 0.714. The molecule has 0 spiro atoms. The second kappa shape index (κ2) is 14.9. The Kier molecular flexibility index (Phi) is 8.69. The molecule has 0 amide bonds. The normalized spacial score (nSPS) is 14.2. The van der Waals surface area contributed by atoms with E-state index in [0.29, 0.717) is 0 Å². The van der Waals surface area contributed by atoms with Crippen LogP contribution in [0.4, 0.5) is 17.1 Å². The molecule has 1 aliphatic carbocycles. The van der Waals surface area contributed by atoms with Gasteiger partial charge in [-0.25, -0.2) is 0 Å². The van der Waals surface area contributed by atoms with E-state index in [1.54, 1.807) is 0 Å². The van der Waals surface area contributed by atoms with E-state index < -0.39 is 0 Å². The molecule has 0 aromatic heterocycles. The van der Waals surface area contributed by atoms with E-state index in [1.165, 1.54) is 93.5 Å². The minimum Gasteiger partial charge on any atom is -0.310 e. The number of rotatable bonds is 7. The molecule has 1 unspecified atom stereocenters. The van der Waals surface area contributed by atoms with Gasteiger partial charge in [0.05, 0.1) is 0 Å². The van der Waals surface area contributed by atoms with Crippen LogP contribution in [0.5, 0.6) is 0 Å².